The molecule has 0 spiro atoms. The number of rotatable bonds is 6. The van der Waals surface area contributed by atoms with Gasteiger partial charge in [0.25, 0.3) is 0 Å². The van der Waals surface area contributed by atoms with E-state index in [4.69, 9.17) is 16.3 Å². The second kappa shape index (κ2) is 7.02. The van der Waals surface area contributed by atoms with Crippen LogP contribution >= 0.6 is 11.6 Å². The number of nitrogens with zero attached hydrogens (tertiary/aromatic N) is 2. The second-order valence-electron chi connectivity index (χ2n) is 5.59. The van der Waals surface area contributed by atoms with Crippen LogP contribution in [0.15, 0.2) is 30.6 Å². The van der Waals surface area contributed by atoms with Crippen LogP contribution in [0.25, 0.3) is 0 Å². The van der Waals surface area contributed by atoms with E-state index < -0.39 is 5.60 Å². The Morgan fingerprint density at radius 1 is 1.52 bits per heavy atom. The van der Waals surface area contributed by atoms with Crippen molar-refractivity contribution in [2.24, 2.45) is 7.05 Å². The zero-order chi connectivity index (χ0) is 17.0. The maximum absolute atomic E-state index is 12.1. The molecule has 7 heteroatoms. The molecule has 0 bridgehead atoms. The minimum Gasteiger partial charge on any atom is -0.497 e. The van der Waals surface area contributed by atoms with Crippen molar-refractivity contribution >= 4 is 17.5 Å². The number of carbonyl (C=O) groups is 1. The van der Waals surface area contributed by atoms with Gasteiger partial charge in [-0.05, 0) is 24.6 Å². The van der Waals surface area contributed by atoms with Gasteiger partial charge in [-0.1, -0.05) is 17.7 Å². The lowest BCUT2D eigenvalue weighted by atomic mass is 9.99. The summed E-state index contributed by atoms with van der Waals surface area (Å²) in [6, 6.07) is 5.16. The number of aryl methyl sites for hydroxylation is 1. The Morgan fingerprint density at radius 3 is 2.83 bits per heavy atom. The predicted molar refractivity (Wildman–Crippen MR) is 87.5 cm³/mol. The molecule has 0 aliphatic carbocycles. The maximum Gasteiger partial charge on any atom is 0.224 e. The van der Waals surface area contributed by atoms with Crippen LogP contribution in [0.2, 0.25) is 5.02 Å². The molecule has 1 amide bonds. The first kappa shape index (κ1) is 17.3. The Bertz CT molecular complexity index is 698. The molecule has 2 rings (SSSR count). The number of aromatic nitrogens is 2. The Kier molecular flexibility index (Phi) is 5.28. The average Bonchev–Trinajstić information content (AvgIpc) is 2.95. The largest absolute Gasteiger partial charge is 0.497 e. The summed E-state index contributed by atoms with van der Waals surface area (Å²) in [5.41, 5.74) is 0.155. The van der Waals surface area contributed by atoms with E-state index in [1.807, 2.05) is 0 Å². The molecule has 124 valence electrons. The number of amides is 1. The molecular weight excluding hydrogens is 318 g/mol. The van der Waals surface area contributed by atoms with E-state index in [0.29, 0.717) is 21.9 Å². The van der Waals surface area contributed by atoms with Gasteiger partial charge in [-0.2, -0.15) is 5.10 Å². The summed E-state index contributed by atoms with van der Waals surface area (Å²) in [6.07, 6.45) is 3.42. The van der Waals surface area contributed by atoms with Crippen LogP contribution in [-0.4, -0.2) is 34.4 Å². The van der Waals surface area contributed by atoms with Crippen LogP contribution in [-0.2, 0) is 23.9 Å². The lowest BCUT2D eigenvalue weighted by Gasteiger charge is -2.22. The highest BCUT2D eigenvalue weighted by Gasteiger charge is 2.25. The van der Waals surface area contributed by atoms with Crippen molar-refractivity contribution in [3.63, 3.8) is 0 Å². The van der Waals surface area contributed by atoms with Crippen molar-refractivity contribution in [1.82, 2.24) is 15.1 Å². The van der Waals surface area contributed by atoms with E-state index in [2.05, 4.69) is 10.4 Å². The van der Waals surface area contributed by atoms with Crippen molar-refractivity contribution in [3.8, 4) is 5.75 Å². The van der Waals surface area contributed by atoms with Crippen LogP contribution < -0.4 is 10.1 Å². The molecule has 0 aliphatic heterocycles. The highest BCUT2D eigenvalue weighted by atomic mass is 35.5. The summed E-state index contributed by atoms with van der Waals surface area (Å²) < 4.78 is 6.67. The number of ether oxygens (including phenoxy) is 1. The van der Waals surface area contributed by atoms with Gasteiger partial charge in [0.05, 0.1) is 26.3 Å². The minimum atomic E-state index is -1.19. The minimum absolute atomic E-state index is 0.0886. The number of nitrogens with one attached hydrogen (secondary N) is 1. The summed E-state index contributed by atoms with van der Waals surface area (Å²) in [7, 11) is 3.32. The Morgan fingerprint density at radius 2 is 2.26 bits per heavy atom. The highest BCUT2D eigenvalue weighted by molar-refractivity contribution is 6.31. The average molecular weight is 338 g/mol. The normalized spacial score (nSPS) is 13.4. The molecule has 1 aromatic carbocycles. The molecule has 1 atom stereocenters. The number of benzene rings is 1. The third-order valence-corrected chi connectivity index (χ3v) is 3.92. The van der Waals surface area contributed by atoms with E-state index in [1.165, 1.54) is 0 Å². The van der Waals surface area contributed by atoms with Crippen molar-refractivity contribution in [1.29, 1.82) is 0 Å². The Hall–Kier alpha value is -2.05. The fraction of sp³-hybridized carbons (Fsp3) is 0.375. The van der Waals surface area contributed by atoms with Gasteiger partial charge in [-0.3, -0.25) is 9.48 Å². The van der Waals surface area contributed by atoms with Gasteiger partial charge in [0.2, 0.25) is 5.91 Å². The van der Waals surface area contributed by atoms with Gasteiger partial charge in [0, 0.05) is 23.8 Å². The topological polar surface area (TPSA) is 76.4 Å². The number of hydrogen-bond acceptors (Lipinski definition) is 4. The van der Waals surface area contributed by atoms with Crippen LogP contribution in [0.5, 0.6) is 5.75 Å². The first-order valence-electron chi connectivity index (χ1n) is 7.12. The highest BCUT2D eigenvalue weighted by Crippen LogP contribution is 2.23. The van der Waals surface area contributed by atoms with Crippen LogP contribution in [0.3, 0.4) is 0 Å². The summed E-state index contributed by atoms with van der Waals surface area (Å²) in [5.74, 6) is 0.417. The van der Waals surface area contributed by atoms with Crippen molar-refractivity contribution in [2.75, 3.05) is 13.7 Å². The molecule has 1 aromatic heterocycles. The maximum atomic E-state index is 12.1. The van der Waals surface area contributed by atoms with Gasteiger partial charge in [-0.15, -0.1) is 0 Å². The molecular formula is C16H20ClN3O3. The lowest BCUT2D eigenvalue weighted by molar-refractivity contribution is -0.121. The SMILES string of the molecule is COc1ccc(CC(=O)NCC(C)(O)c2cnn(C)c2)c(Cl)c1. The monoisotopic (exact) mass is 337 g/mol. The standard InChI is InChI=1S/C16H20ClN3O3/c1-16(22,12-8-19-20(2)9-12)10-18-15(21)6-11-4-5-13(23-3)7-14(11)17/h4-5,7-9,22H,6,10H2,1-3H3,(H,18,21). The van der Waals surface area contributed by atoms with E-state index in [9.17, 15) is 9.90 Å². The smallest absolute Gasteiger partial charge is 0.224 e. The van der Waals surface area contributed by atoms with Crippen molar-refractivity contribution < 1.29 is 14.6 Å². The van der Waals surface area contributed by atoms with E-state index >= 15 is 0 Å². The summed E-state index contributed by atoms with van der Waals surface area (Å²) in [6.45, 7) is 1.72. The van der Waals surface area contributed by atoms with E-state index in [0.717, 1.165) is 0 Å². The molecule has 0 fully saturated rings. The van der Waals surface area contributed by atoms with Gasteiger partial charge in [0.15, 0.2) is 0 Å². The first-order chi connectivity index (χ1) is 10.8. The Balaban J connectivity index is 1.95. The fourth-order valence-corrected chi connectivity index (χ4v) is 2.34. The Labute approximate surface area is 140 Å². The van der Waals surface area contributed by atoms with Gasteiger partial charge in [0.1, 0.15) is 11.4 Å². The van der Waals surface area contributed by atoms with Crippen LogP contribution in [0, 0.1) is 0 Å². The molecule has 1 unspecified atom stereocenters. The molecule has 23 heavy (non-hydrogen) atoms. The van der Waals surface area contributed by atoms with Crippen molar-refractivity contribution in [2.45, 2.75) is 18.9 Å². The molecule has 0 aliphatic rings. The van der Waals surface area contributed by atoms with E-state index in [-0.39, 0.29) is 18.9 Å². The first-order valence-corrected chi connectivity index (χ1v) is 7.50. The second-order valence-corrected chi connectivity index (χ2v) is 5.99. The number of methoxy groups -OCH3 is 1. The third-order valence-electron chi connectivity index (χ3n) is 3.57. The third kappa shape index (κ3) is 4.46. The quantitative estimate of drug-likeness (QED) is 0.840. The molecule has 0 saturated heterocycles. The van der Waals surface area contributed by atoms with Crippen LogP contribution in [0.4, 0.5) is 0 Å². The molecule has 6 nitrogen and oxygen atoms in total. The van der Waals surface area contributed by atoms with Crippen molar-refractivity contribution in [3.05, 3.63) is 46.7 Å². The lowest BCUT2D eigenvalue weighted by Crippen LogP contribution is -2.39. The molecule has 1 heterocycles. The number of hydrogen-bond donors (Lipinski definition) is 2. The fourth-order valence-electron chi connectivity index (χ4n) is 2.11. The van der Waals surface area contributed by atoms with Gasteiger partial charge < -0.3 is 15.2 Å². The summed E-state index contributed by atoms with van der Waals surface area (Å²) in [4.78, 5) is 12.1. The number of aliphatic hydroxyl groups is 1. The molecule has 2 aromatic rings. The zero-order valence-electron chi connectivity index (χ0n) is 13.3. The van der Waals surface area contributed by atoms with E-state index in [1.54, 1.807) is 56.4 Å². The zero-order valence-corrected chi connectivity index (χ0v) is 14.1. The summed E-state index contributed by atoms with van der Waals surface area (Å²) >= 11 is 6.12. The molecule has 0 saturated carbocycles. The predicted octanol–water partition coefficient (Wildman–Crippen LogP) is 1.65. The van der Waals surface area contributed by atoms with Gasteiger partial charge >= 0.3 is 0 Å². The summed E-state index contributed by atoms with van der Waals surface area (Å²) in [5, 5.41) is 17.6. The number of carbonyl (C=O) groups excluding carboxylic acids is 1. The molecule has 0 radical (unpaired) electrons. The van der Waals surface area contributed by atoms with Crippen LogP contribution in [0.1, 0.15) is 18.1 Å². The number of halogens is 1. The van der Waals surface area contributed by atoms with Gasteiger partial charge in [-0.25, -0.2) is 0 Å². The molecule has 2 N–H and O–H groups in total.